The van der Waals surface area contributed by atoms with Crippen LogP contribution in [0.2, 0.25) is 0 Å². The van der Waals surface area contributed by atoms with Gasteiger partial charge in [0.1, 0.15) is 12.2 Å². The van der Waals surface area contributed by atoms with Gasteiger partial charge in [0.2, 0.25) is 0 Å². The molecule has 2 saturated heterocycles. The van der Waals surface area contributed by atoms with Gasteiger partial charge in [0.05, 0.1) is 0 Å². The molecule has 2 heterocycles. The molecule has 0 unspecified atom stereocenters. The molecular formula is C12H16O3. The average molecular weight is 208 g/mol. The molecule has 0 saturated carbocycles. The summed E-state index contributed by atoms with van der Waals surface area (Å²) in [5.41, 5.74) is 0. The fourth-order valence-electron chi connectivity index (χ4n) is 1.79. The van der Waals surface area contributed by atoms with Crippen LogP contribution in [0.3, 0.4) is 0 Å². The molecule has 2 aliphatic rings. The first-order chi connectivity index (χ1) is 7.33. The molecule has 82 valence electrons. The van der Waals surface area contributed by atoms with Crippen molar-refractivity contribution in [2.45, 2.75) is 44.5 Å². The molecule has 3 heteroatoms. The van der Waals surface area contributed by atoms with Crippen molar-refractivity contribution >= 4 is 5.97 Å². The van der Waals surface area contributed by atoms with E-state index in [1.807, 2.05) is 13.0 Å². The molecule has 0 aromatic carbocycles. The van der Waals surface area contributed by atoms with Crippen LogP contribution >= 0.6 is 0 Å². The molecule has 0 N–H and O–H groups in total. The zero-order valence-electron chi connectivity index (χ0n) is 8.89. The van der Waals surface area contributed by atoms with E-state index in [0.29, 0.717) is 0 Å². The molecular weight excluding hydrogens is 192 g/mol. The molecule has 2 fully saturated rings. The Bertz CT molecular complexity index is 293. The van der Waals surface area contributed by atoms with Crippen LogP contribution in [0.15, 0.2) is 24.3 Å². The summed E-state index contributed by atoms with van der Waals surface area (Å²) in [4.78, 5) is 11.0. The van der Waals surface area contributed by atoms with Gasteiger partial charge in [-0.3, -0.25) is 0 Å². The maximum absolute atomic E-state index is 11.0. The standard InChI is InChI=1S/C12H16O3/c1-2-3-4-5-6-7-8-9-10-11(15-10)12(13)14-9/h2-3,5-6,9-11H,4,7-8H2,1H3/b3-2+,6-5+/t9-,10-,11-/m1/s1. The lowest BCUT2D eigenvalue weighted by molar-refractivity contribution is -0.149. The van der Waals surface area contributed by atoms with E-state index >= 15 is 0 Å². The predicted octanol–water partition coefficient (Wildman–Crippen LogP) is 1.98. The molecule has 0 aliphatic carbocycles. The molecule has 0 aromatic rings. The Kier molecular flexibility index (Phi) is 3.21. The normalized spacial score (nSPS) is 33.7. The van der Waals surface area contributed by atoms with Crippen molar-refractivity contribution in [2.24, 2.45) is 0 Å². The van der Waals surface area contributed by atoms with Crippen molar-refractivity contribution in [3.63, 3.8) is 0 Å². The van der Waals surface area contributed by atoms with Crippen molar-refractivity contribution in [1.82, 2.24) is 0 Å². The molecule has 0 bridgehead atoms. The second-order valence-corrected chi connectivity index (χ2v) is 3.85. The smallest absolute Gasteiger partial charge is 0.338 e. The van der Waals surface area contributed by atoms with Gasteiger partial charge < -0.3 is 9.47 Å². The van der Waals surface area contributed by atoms with Gasteiger partial charge in [-0.25, -0.2) is 4.79 Å². The number of cyclic esters (lactones) is 1. The summed E-state index contributed by atoms with van der Waals surface area (Å²) in [5.74, 6) is -0.178. The summed E-state index contributed by atoms with van der Waals surface area (Å²) in [6, 6.07) is 0. The van der Waals surface area contributed by atoms with Gasteiger partial charge in [-0.1, -0.05) is 24.3 Å². The topological polar surface area (TPSA) is 38.8 Å². The summed E-state index contributed by atoms with van der Waals surface area (Å²) in [6.07, 6.45) is 11.0. The minimum Gasteiger partial charge on any atom is -0.457 e. The highest BCUT2D eigenvalue weighted by Crippen LogP contribution is 2.37. The first kappa shape index (κ1) is 10.4. The molecule has 3 atom stereocenters. The monoisotopic (exact) mass is 208 g/mol. The van der Waals surface area contributed by atoms with E-state index in [4.69, 9.17) is 9.47 Å². The zero-order chi connectivity index (χ0) is 10.7. The second kappa shape index (κ2) is 4.62. The fraction of sp³-hybridized carbons (Fsp3) is 0.583. The van der Waals surface area contributed by atoms with Gasteiger partial charge in [-0.2, -0.15) is 0 Å². The third kappa shape index (κ3) is 2.48. The number of hydrogen-bond donors (Lipinski definition) is 0. The highest BCUT2D eigenvalue weighted by Gasteiger charge is 2.58. The Labute approximate surface area is 89.8 Å². The number of allylic oxidation sites excluding steroid dienone is 4. The zero-order valence-corrected chi connectivity index (χ0v) is 8.89. The van der Waals surface area contributed by atoms with Gasteiger partial charge >= 0.3 is 5.97 Å². The number of epoxide rings is 1. The largest absolute Gasteiger partial charge is 0.457 e. The minimum atomic E-state index is -0.234. The third-order valence-corrected chi connectivity index (χ3v) is 2.68. The number of carbonyl (C=O) groups excluding carboxylic acids is 1. The Morgan fingerprint density at radius 3 is 2.80 bits per heavy atom. The van der Waals surface area contributed by atoms with E-state index in [0.717, 1.165) is 19.3 Å². The van der Waals surface area contributed by atoms with Crippen LogP contribution in [-0.4, -0.2) is 24.3 Å². The Hall–Kier alpha value is -1.09. The van der Waals surface area contributed by atoms with Gasteiger partial charge in [-0.15, -0.1) is 0 Å². The SMILES string of the molecule is C/C=C/C/C=C/CC[C@H]1OC(=O)[C@@H]2O[C@H]12. The van der Waals surface area contributed by atoms with Gasteiger partial charge in [0, 0.05) is 0 Å². The summed E-state index contributed by atoms with van der Waals surface area (Å²) in [5, 5.41) is 0. The van der Waals surface area contributed by atoms with E-state index in [1.54, 1.807) is 0 Å². The fourth-order valence-corrected chi connectivity index (χ4v) is 1.79. The van der Waals surface area contributed by atoms with Crippen molar-refractivity contribution in [2.75, 3.05) is 0 Å². The number of carbonyl (C=O) groups is 1. The minimum absolute atomic E-state index is 0.00568. The third-order valence-electron chi connectivity index (χ3n) is 2.68. The van der Waals surface area contributed by atoms with Gasteiger partial charge in [-0.05, 0) is 26.2 Å². The van der Waals surface area contributed by atoms with E-state index in [9.17, 15) is 4.79 Å². The van der Waals surface area contributed by atoms with E-state index < -0.39 is 0 Å². The van der Waals surface area contributed by atoms with E-state index in [1.165, 1.54) is 0 Å². The molecule has 0 aromatic heterocycles. The lowest BCUT2D eigenvalue weighted by Crippen LogP contribution is -2.15. The number of fused-ring (bicyclic) bond motifs is 1. The molecule has 2 rings (SSSR count). The maximum atomic E-state index is 11.0. The molecule has 0 amide bonds. The number of ether oxygens (including phenoxy) is 2. The van der Waals surface area contributed by atoms with Crippen molar-refractivity contribution in [3.8, 4) is 0 Å². The Morgan fingerprint density at radius 1 is 1.33 bits per heavy atom. The summed E-state index contributed by atoms with van der Waals surface area (Å²) < 4.78 is 10.3. The number of rotatable bonds is 5. The average Bonchev–Trinajstić information content (AvgIpc) is 2.96. The summed E-state index contributed by atoms with van der Waals surface area (Å²) in [7, 11) is 0. The quantitative estimate of drug-likeness (QED) is 0.394. The van der Waals surface area contributed by atoms with E-state index in [2.05, 4.69) is 18.2 Å². The summed E-state index contributed by atoms with van der Waals surface area (Å²) >= 11 is 0. The van der Waals surface area contributed by atoms with Crippen LogP contribution in [0.1, 0.15) is 26.2 Å². The molecule has 15 heavy (non-hydrogen) atoms. The van der Waals surface area contributed by atoms with Crippen LogP contribution in [0.5, 0.6) is 0 Å². The molecule has 0 spiro atoms. The Morgan fingerprint density at radius 2 is 2.20 bits per heavy atom. The van der Waals surface area contributed by atoms with Crippen LogP contribution in [0.25, 0.3) is 0 Å². The highest BCUT2D eigenvalue weighted by molar-refractivity contribution is 5.81. The first-order valence-electron chi connectivity index (χ1n) is 5.45. The number of hydrogen-bond acceptors (Lipinski definition) is 3. The lowest BCUT2D eigenvalue weighted by atomic mass is 10.1. The lowest BCUT2D eigenvalue weighted by Gasteiger charge is -2.08. The van der Waals surface area contributed by atoms with Crippen molar-refractivity contribution in [3.05, 3.63) is 24.3 Å². The second-order valence-electron chi connectivity index (χ2n) is 3.85. The van der Waals surface area contributed by atoms with Gasteiger partial charge in [0.15, 0.2) is 6.10 Å². The highest BCUT2D eigenvalue weighted by atomic mass is 16.7. The van der Waals surface area contributed by atoms with Gasteiger partial charge in [0.25, 0.3) is 0 Å². The van der Waals surface area contributed by atoms with Crippen LogP contribution in [-0.2, 0) is 14.3 Å². The van der Waals surface area contributed by atoms with Crippen LogP contribution in [0, 0.1) is 0 Å². The van der Waals surface area contributed by atoms with Crippen LogP contribution in [0.4, 0.5) is 0 Å². The Balaban J connectivity index is 1.62. The number of esters is 1. The first-order valence-corrected chi connectivity index (χ1v) is 5.45. The molecule has 2 aliphatic heterocycles. The van der Waals surface area contributed by atoms with Crippen LogP contribution < -0.4 is 0 Å². The van der Waals surface area contributed by atoms with Crippen molar-refractivity contribution < 1.29 is 14.3 Å². The van der Waals surface area contributed by atoms with E-state index in [-0.39, 0.29) is 24.3 Å². The van der Waals surface area contributed by atoms with Crippen molar-refractivity contribution in [1.29, 1.82) is 0 Å². The molecule has 3 nitrogen and oxygen atoms in total. The maximum Gasteiger partial charge on any atom is 0.338 e. The predicted molar refractivity (Wildman–Crippen MR) is 56.3 cm³/mol. The summed E-state index contributed by atoms with van der Waals surface area (Å²) in [6.45, 7) is 2.01. The molecule has 0 radical (unpaired) electrons.